The molecule has 0 unspecified atom stereocenters. The quantitative estimate of drug-likeness (QED) is 0.698. The molecule has 1 N–H and O–H groups in total. The van der Waals surface area contributed by atoms with Crippen molar-refractivity contribution in [3.05, 3.63) is 71.8 Å². The Morgan fingerprint density at radius 3 is 2.45 bits per heavy atom. The highest BCUT2D eigenvalue weighted by molar-refractivity contribution is 5.90. The van der Waals surface area contributed by atoms with E-state index in [1.807, 2.05) is 0 Å². The summed E-state index contributed by atoms with van der Waals surface area (Å²) < 4.78 is 0. The standard InChI is InChI=1S/C24H29N5/c1-5-20-15-23-22(14-18(20)3)24(26-16-25-23)29-12-10-28(11-13-29)19(4)27-21-8-6-17(2)7-9-21/h6-9,14-16,27H,4-5,10-13H2,1-3H3. The summed E-state index contributed by atoms with van der Waals surface area (Å²) in [5, 5.41) is 4.58. The van der Waals surface area contributed by atoms with Crippen LogP contribution in [-0.2, 0) is 6.42 Å². The van der Waals surface area contributed by atoms with Gasteiger partial charge in [0, 0.05) is 37.3 Å². The molecule has 4 rings (SSSR count). The highest BCUT2D eigenvalue weighted by Crippen LogP contribution is 2.27. The number of anilines is 2. The second-order valence-electron chi connectivity index (χ2n) is 7.76. The Balaban J connectivity index is 1.46. The first-order valence-electron chi connectivity index (χ1n) is 10.3. The van der Waals surface area contributed by atoms with E-state index in [0.29, 0.717) is 0 Å². The number of aromatic nitrogens is 2. The van der Waals surface area contributed by atoms with E-state index >= 15 is 0 Å². The topological polar surface area (TPSA) is 44.3 Å². The number of hydrogen-bond donors (Lipinski definition) is 1. The minimum absolute atomic E-state index is 0.912. The van der Waals surface area contributed by atoms with Gasteiger partial charge in [-0.25, -0.2) is 9.97 Å². The fourth-order valence-electron chi connectivity index (χ4n) is 3.94. The second-order valence-corrected chi connectivity index (χ2v) is 7.76. The van der Waals surface area contributed by atoms with Crippen LogP contribution in [0.3, 0.4) is 0 Å². The summed E-state index contributed by atoms with van der Waals surface area (Å²) in [4.78, 5) is 13.8. The molecule has 1 aliphatic heterocycles. The molecular weight excluding hydrogens is 358 g/mol. The van der Waals surface area contributed by atoms with Crippen molar-refractivity contribution in [2.24, 2.45) is 0 Å². The number of benzene rings is 2. The van der Waals surface area contributed by atoms with Crippen LogP contribution in [0.4, 0.5) is 11.5 Å². The van der Waals surface area contributed by atoms with Crippen LogP contribution in [0.1, 0.15) is 23.6 Å². The largest absolute Gasteiger partial charge is 0.355 e. The molecule has 5 heteroatoms. The first kappa shape index (κ1) is 19.2. The summed E-state index contributed by atoms with van der Waals surface area (Å²) >= 11 is 0. The minimum Gasteiger partial charge on any atom is -0.355 e. The van der Waals surface area contributed by atoms with Crippen molar-refractivity contribution in [3.8, 4) is 0 Å². The van der Waals surface area contributed by atoms with Crippen molar-refractivity contribution in [2.75, 3.05) is 36.4 Å². The third-order valence-corrected chi connectivity index (χ3v) is 5.75. The lowest BCUT2D eigenvalue weighted by molar-refractivity contribution is 0.325. The zero-order valence-electron chi connectivity index (χ0n) is 17.6. The maximum Gasteiger partial charge on any atom is 0.140 e. The third-order valence-electron chi connectivity index (χ3n) is 5.75. The van der Waals surface area contributed by atoms with E-state index in [0.717, 1.165) is 60.8 Å². The monoisotopic (exact) mass is 387 g/mol. The second kappa shape index (κ2) is 8.11. The minimum atomic E-state index is 0.912. The van der Waals surface area contributed by atoms with Gasteiger partial charge >= 0.3 is 0 Å². The van der Waals surface area contributed by atoms with Crippen LogP contribution in [0.15, 0.2) is 55.1 Å². The number of rotatable bonds is 5. The highest BCUT2D eigenvalue weighted by atomic mass is 15.3. The van der Waals surface area contributed by atoms with Gasteiger partial charge in [-0.05, 0) is 55.7 Å². The van der Waals surface area contributed by atoms with Crippen molar-refractivity contribution >= 4 is 22.4 Å². The van der Waals surface area contributed by atoms with Crippen LogP contribution >= 0.6 is 0 Å². The van der Waals surface area contributed by atoms with Gasteiger partial charge in [0.25, 0.3) is 0 Å². The smallest absolute Gasteiger partial charge is 0.140 e. The lowest BCUT2D eigenvalue weighted by Gasteiger charge is -2.38. The molecule has 29 heavy (non-hydrogen) atoms. The molecule has 0 atom stereocenters. The fourth-order valence-corrected chi connectivity index (χ4v) is 3.94. The van der Waals surface area contributed by atoms with Gasteiger partial charge in [-0.3, -0.25) is 0 Å². The highest BCUT2D eigenvalue weighted by Gasteiger charge is 2.21. The van der Waals surface area contributed by atoms with E-state index in [9.17, 15) is 0 Å². The van der Waals surface area contributed by atoms with Crippen LogP contribution in [0, 0.1) is 13.8 Å². The number of aryl methyl sites for hydroxylation is 3. The number of hydrogen-bond acceptors (Lipinski definition) is 5. The summed E-state index contributed by atoms with van der Waals surface area (Å²) in [6.07, 6.45) is 2.71. The molecule has 0 aliphatic carbocycles. The Labute approximate surface area is 173 Å². The van der Waals surface area contributed by atoms with Crippen LogP contribution < -0.4 is 10.2 Å². The molecule has 1 fully saturated rings. The molecule has 1 aliphatic rings. The molecule has 0 bridgehead atoms. The van der Waals surface area contributed by atoms with E-state index in [4.69, 9.17) is 0 Å². The molecule has 0 saturated carbocycles. The Morgan fingerprint density at radius 2 is 1.76 bits per heavy atom. The van der Waals surface area contributed by atoms with Crippen LogP contribution in [0.25, 0.3) is 10.9 Å². The Bertz CT molecular complexity index is 1020. The van der Waals surface area contributed by atoms with Crippen molar-refractivity contribution in [1.29, 1.82) is 0 Å². The molecule has 0 amide bonds. The van der Waals surface area contributed by atoms with Gasteiger partial charge < -0.3 is 15.1 Å². The molecule has 1 saturated heterocycles. The molecule has 1 aromatic heterocycles. The summed E-state index contributed by atoms with van der Waals surface area (Å²) in [6.45, 7) is 14.4. The van der Waals surface area contributed by atoms with E-state index < -0.39 is 0 Å². The van der Waals surface area contributed by atoms with Crippen molar-refractivity contribution < 1.29 is 0 Å². The summed E-state index contributed by atoms with van der Waals surface area (Å²) in [5.41, 5.74) is 6.03. The number of piperazine rings is 1. The van der Waals surface area contributed by atoms with Crippen LogP contribution in [-0.4, -0.2) is 41.0 Å². The van der Waals surface area contributed by atoms with E-state index in [2.05, 4.69) is 88.8 Å². The van der Waals surface area contributed by atoms with E-state index in [-0.39, 0.29) is 0 Å². The first-order valence-corrected chi connectivity index (χ1v) is 10.3. The average molecular weight is 388 g/mol. The van der Waals surface area contributed by atoms with Crippen LogP contribution in [0.5, 0.6) is 0 Å². The first-order chi connectivity index (χ1) is 14.0. The van der Waals surface area contributed by atoms with Gasteiger partial charge in [-0.2, -0.15) is 0 Å². The predicted octanol–water partition coefficient (Wildman–Crippen LogP) is 4.51. The maximum atomic E-state index is 4.63. The predicted molar refractivity (Wildman–Crippen MR) is 121 cm³/mol. The summed E-state index contributed by atoms with van der Waals surface area (Å²) in [5.74, 6) is 1.99. The third kappa shape index (κ3) is 4.04. The van der Waals surface area contributed by atoms with Gasteiger partial charge in [-0.1, -0.05) is 31.2 Å². The van der Waals surface area contributed by atoms with Gasteiger partial charge in [0.1, 0.15) is 12.1 Å². The average Bonchev–Trinajstić information content (AvgIpc) is 2.74. The molecule has 2 aromatic carbocycles. The molecule has 0 radical (unpaired) electrons. The summed E-state index contributed by atoms with van der Waals surface area (Å²) in [7, 11) is 0. The van der Waals surface area contributed by atoms with Crippen molar-refractivity contribution in [2.45, 2.75) is 27.2 Å². The maximum absolute atomic E-state index is 4.63. The van der Waals surface area contributed by atoms with Gasteiger partial charge in [0.2, 0.25) is 0 Å². The fraction of sp³-hybridized carbons (Fsp3) is 0.333. The number of nitrogens with zero attached hydrogens (tertiary/aromatic N) is 4. The van der Waals surface area contributed by atoms with Gasteiger partial charge in [-0.15, -0.1) is 0 Å². The molecule has 150 valence electrons. The SMILES string of the molecule is C=C(Nc1ccc(C)cc1)N1CCN(c2ncnc3cc(CC)c(C)cc23)CC1. The van der Waals surface area contributed by atoms with Crippen LogP contribution in [0.2, 0.25) is 0 Å². The van der Waals surface area contributed by atoms with Crippen molar-refractivity contribution in [1.82, 2.24) is 14.9 Å². The van der Waals surface area contributed by atoms with Crippen molar-refractivity contribution in [3.63, 3.8) is 0 Å². The molecule has 0 spiro atoms. The molecule has 5 nitrogen and oxygen atoms in total. The normalized spacial score (nSPS) is 14.3. The lowest BCUT2D eigenvalue weighted by atomic mass is 10.0. The number of nitrogens with one attached hydrogen (secondary N) is 1. The van der Waals surface area contributed by atoms with E-state index in [1.165, 1.54) is 16.7 Å². The number of fused-ring (bicyclic) bond motifs is 1. The Kier molecular flexibility index (Phi) is 5.38. The molecule has 2 heterocycles. The zero-order chi connectivity index (χ0) is 20.4. The molecule has 3 aromatic rings. The molecular formula is C24H29N5. The van der Waals surface area contributed by atoms with E-state index in [1.54, 1.807) is 6.33 Å². The lowest BCUT2D eigenvalue weighted by Crippen LogP contribution is -2.47. The Morgan fingerprint density at radius 1 is 1.03 bits per heavy atom. The van der Waals surface area contributed by atoms with Gasteiger partial charge in [0.15, 0.2) is 0 Å². The summed E-state index contributed by atoms with van der Waals surface area (Å²) in [6, 6.07) is 12.9. The Hall–Kier alpha value is -3.08. The van der Waals surface area contributed by atoms with Gasteiger partial charge in [0.05, 0.1) is 11.3 Å². The zero-order valence-corrected chi connectivity index (χ0v) is 17.6.